The van der Waals surface area contributed by atoms with Crippen molar-refractivity contribution in [3.05, 3.63) is 200 Å². The molecule has 0 amide bonds. The van der Waals surface area contributed by atoms with Crippen LogP contribution in [0, 0.1) is 0 Å². The quantitative estimate of drug-likeness (QED) is 0.147. The van der Waals surface area contributed by atoms with Gasteiger partial charge in [-0.05, 0) is 61.3 Å². The first kappa shape index (κ1) is 28.9. The van der Waals surface area contributed by atoms with Gasteiger partial charge >= 0.3 is 0 Å². The van der Waals surface area contributed by atoms with E-state index in [2.05, 4.69) is 205 Å². The van der Waals surface area contributed by atoms with Crippen molar-refractivity contribution in [1.29, 1.82) is 0 Å². The Bertz CT molecular complexity index is 1740. The molecular formula is C42H33NP2. The molecule has 1 nitrogen and oxygen atoms in total. The molecule has 0 heterocycles. The topological polar surface area (TPSA) is 3.24 Å². The van der Waals surface area contributed by atoms with Gasteiger partial charge in [0.1, 0.15) is 0 Å². The van der Waals surface area contributed by atoms with Gasteiger partial charge in [0.05, 0.1) is 11.4 Å². The van der Waals surface area contributed by atoms with Crippen LogP contribution in [0.3, 0.4) is 0 Å². The van der Waals surface area contributed by atoms with Crippen LogP contribution in [-0.2, 0) is 0 Å². The number of benzene rings is 7. The van der Waals surface area contributed by atoms with Crippen molar-refractivity contribution in [2.24, 2.45) is 0 Å². The lowest BCUT2D eigenvalue weighted by molar-refractivity contribution is 1.30. The van der Waals surface area contributed by atoms with E-state index in [1.165, 1.54) is 43.2 Å². The zero-order valence-electron chi connectivity index (χ0n) is 24.9. The first-order valence-electron chi connectivity index (χ1n) is 15.2. The number of hydrogen-bond donors (Lipinski definition) is 0. The maximum atomic E-state index is 2.49. The Morgan fingerprint density at radius 1 is 0.267 bits per heavy atom. The van der Waals surface area contributed by atoms with Crippen LogP contribution in [0.2, 0.25) is 0 Å². The van der Waals surface area contributed by atoms with Crippen molar-refractivity contribution in [1.82, 2.24) is 0 Å². The Balaban J connectivity index is 1.49. The summed E-state index contributed by atoms with van der Waals surface area (Å²) < 4.78 is 0. The lowest BCUT2D eigenvalue weighted by atomic mass is 10.2. The van der Waals surface area contributed by atoms with Gasteiger partial charge in [0.15, 0.2) is 0 Å². The fraction of sp³-hybridized carbons (Fsp3) is 0. The molecule has 0 aromatic heterocycles. The van der Waals surface area contributed by atoms with E-state index in [-0.39, 0.29) is 0 Å². The van der Waals surface area contributed by atoms with Crippen molar-refractivity contribution >= 4 is 64.7 Å². The van der Waals surface area contributed by atoms with E-state index in [4.69, 9.17) is 0 Å². The van der Waals surface area contributed by atoms with Gasteiger partial charge in [-0.1, -0.05) is 176 Å². The van der Waals surface area contributed by atoms with Gasteiger partial charge in [0.2, 0.25) is 0 Å². The van der Waals surface area contributed by atoms with Gasteiger partial charge in [-0.3, -0.25) is 0 Å². The fourth-order valence-electron chi connectivity index (χ4n) is 5.83. The first-order chi connectivity index (χ1) is 22.4. The molecule has 0 aliphatic carbocycles. The fourth-order valence-corrected chi connectivity index (χ4v) is 10.7. The molecule has 0 atom stereocenters. The van der Waals surface area contributed by atoms with E-state index in [1.807, 2.05) is 0 Å². The summed E-state index contributed by atoms with van der Waals surface area (Å²) >= 11 is 0. The maximum absolute atomic E-state index is 2.49. The van der Waals surface area contributed by atoms with Crippen LogP contribution in [0.4, 0.5) is 17.1 Å². The predicted molar refractivity (Wildman–Crippen MR) is 199 cm³/mol. The normalized spacial score (nSPS) is 11.1. The number of hydrogen-bond acceptors (Lipinski definition) is 1. The van der Waals surface area contributed by atoms with Gasteiger partial charge < -0.3 is 4.90 Å². The standard InChI is InChI=1S/C42H33NP2/c1-6-20-34(21-7-1)43(39-30-16-18-32-41(39)44(35-22-8-2-9-23-35)36-24-10-3-11-25-36)40-31-17-19-33-42(40)45(37-26-12-4-13-27-37)38-28-14-5-15-29-38/h1-33H. The van der Waals surface area contributed by atoms with E-state index in [1.54, 1.807) is 0 Å². The summed E-state index contributed by atoms with van der Waals surface area (Å²) in [5, 5.41) is 8.00. The molecule has 0 N–H and O–H groups in total. The lowest BCUT2D eigenvalue weighted by Gasteiger charge is -2.33. The summed E-state index contributed by atoms with van der Waals surface area (Å²) in [5.41, 5.74) is 3.54. The van der Waals surface area contributed by atoms with Crippen LogP contribution >= 0.6 is 15.8 Å². The second-order valence-electron chi connectivity index (χ2n) is 10.7. The molecule has 0 spiro atoms. The van der Waals surface area contributed by atoms with Gasteiger partial charge in [-0.25, -0.2) is 0 Å². The number of anilines is 3. The third-order valence-electron chi connectivity index (χ3n) is 7.80. The largest absolute Gasteiger partial charge is 0.309 e. The molecule has 0 saturated carbocycles. The average Bonchev–Trinajstić information content (AvgIpc) is 3.12. The van der Waals surface area contributed by atoms with E-state index in [0.29, 0.717) is 0 Å². The molecular weight excluding hydrogens is 580 g/mol. The van der Waals surface area contributed by atoms with Crippen LogP contribution in [0.1, 0.15) is 0 Å². The van der Waals surface area contributed by atoms with Gasteiger partial charge in [0, 0.05) is 16.3 Å². The molecule has 0 aliphatic rings. The Hall–Kier alpha value is -4.80. The van der Waals surface area contributed by atoms with Crippen molar-refractivity contribution in [2.45, 2.75) is 0 Å². The molecule has 0 radical (unpaired) electrons. The van der Waals surface area contributed by atoms with Crippen molar-refractivity contribution in [3.8, 4) is 0 Å². The number of rotatable bonds is 9. The monoisotopic (exact) mass is 613 g/mol. The molecule has 0 aliphatic heterocycles. The molecule has 7 aromatic carbocycles. The van der Waals surface area contributed by atoms with Crippen LogP contribution in [0.25, 0.3) is 0 Å². The maximum Gasteiger partial charge on any atom is 0.0545 e. The Morgan fingerprint density at radius 3 is 0.867 bits per heavy atom. The predicted octanol–water partition coefficient (Wildman–Crippen LogP) is 8.67. The van der Waals surface area contributed by atoms with Crippen LogP contribution in [-0.4, -0.2) is 0 Å². The second-order valence-corrected chi connectivity index (χ2v) is 15.0. The van der Waals surface area contributed by atoms with Crippen LogP contribution < -0.4 is 36.7 Å². The number of nitrogens with zero attached hydrogens (tertiary/aromatic N) is 1. The minimum atomic E-state index is -0.829. The molecule has 0 bridgehead atoms. The summed E-state index contributed by atoms with van der Waals surface area (Å²) in [6, 6.07) is 72.8. The third-order valence-corrected chi connectivity index (χ3v) is 12.8. The SMILES string of the molecule is c1ccc(N(c2ccccc2P(c2ccccc2)c2ccccc2)c2ccccc2P(c2ccccc2)c2ccccc2)cc1. The summed E-state index contributed by atoms with van der Waals surface area (Å²) in [5.74, 6) is 0. The Morgan fingerprint density at radius 2 is 0.533 bits per heavy atom. The zero-order chi connectivity index (χ0) is 30.3. The van der Waals surface area contributed by atoms with Crippen molar-refractivity contribution in [3.63, 3.8) is 0 Å². The minimum absolute atomic E-state index is 0.829. The van der Waals surface area contributed by atoms with Crippen LogP contribution in [0.5, 0.6) is 0 Å². The molecule has 45 heavy (non-hydrogen) atoms. The van der Waals surface area contributed by atoms with E-state index in [9.17, 15) is 0 Å². The summed E-state index contributed by atoms with van der Waals surface area (Å²) in [6.45, 7) is 0. The highest BCUT2D eigenvalue weighted by Gasteiger charge is 2.27. The van der Waals surface area contributed by atoms with Gasteiger partial charge in [-0.2, -0.15) is 0 Å². The number of para-hydroxylation sites is 3. The van der Waals surface area contributed by atoms with E-state index >= 15 is 0 Å². The molecule has 7 rings (SSSR count). The van der Waals surface area contributed by atoms with Gasteiger partial charge in [0.25, 0.3) is 0 Å². The average molecular weight is 614 g/mol. The molecule has 7 aromatic rings. The highest BCUT2D eigenvalue weighted by Crippen LogP contribution is 2.44. The molecule has 0 fully saturated rings. The molecule has 216 valence electrons. The lowest BCUT2D eigenvalue weighted by Crippen LogP contribution is -2.29. The van der Waals surface area contributed by atoms with E-state index in [0.717, 1.165) is 5.69 Å². The van der Waals surface area contributed by atoms with Crippen LogP contribution in [0.15, 0.2) is 200 Å². The molecule has 0 unspecified atom stereocenters. The minimum Gasteiger partial charge on any atom is -0.309 e. The van der Waals surface area contributed by atoms with Gasteiger partial charge in [-0.15, -0.1) is 0 Å². The van der Waals surface area contributed by atoms with E-state index < -0.39 is 15.8 Å². The first-order valence-corrected chi connectivity index (χ1v) is 17.9. The Kier molecular flexibility index (Phi) is 8.93. The second kappa shape index (κ2) is 13.9. The van der Waals surface area contributed by atoms with Crippen molar-refractivity contribution < 1.29 is 0 Å². The summed E-state index contributed by atoms with van der Waals surface area (Å²) in [4.78, 5) is 2.49. The third kappa shape index (κ3) is 6.25. The summed E-state index contributed by atoms with van der Waals surface area (Å²) in [7, 11) is -1.66. The smallest absolute Gasteiger partial charge is 0.0545 e. The summed E-state index contributed by atoms with van der Waals surface area (Å²) in [6.07, 6.45) is 0. The highest BCUT2D eigenvalue weighted by molar-refractivity contribution is 7.80. The Labute approximate surface area is 269 Å². The zero-order valence-corrected chi connectivity index (χ0v) is 26.7. The highest BCUT2D eigenvalue weighted by atomic mass is 31.1. The molecule has 0 saturated heterocycles. The van der Waals surface area contributed by atoms with Crippen molar-refractivity contribution in [2.75, 3.05) is 4.90 Å². The molecule has 3 heteroatoms.